The van der Waals surface area contributed by atoms with E-state index in [2.05, 4.69) is 75.6 Å². The normalized spacial score (nSPS) is 20.9. The van der Waals surface area contributed by atoms with Crippen molar-refractivity contribution in [2.45, 2.75) is 20.3 Å². The fraction of sp³-hybridized carbons (Fsp3) is 0.560. The van der Waals surface area contributed by atoms with Gasteiger partial charge in [0.1, 0.15) is 11.6 Å². The van der Waals surface area contributed by atoms with Crippen molar-refractivity contribution in [2.75, 3.05) is 79.5 Å². The highest BCUT2D eigenvalue weighted by molar-refractivity contribution is 7.80. The number of anilines is 4. The maximum atomic E-state index is 5.46. The van der Waals surface area contributed by atoms with Crippen LogP contribution in [0.25, 0.3) is 0 Å². The second-order valence-electron chi connectivity index (χ2n) is 9.44. The Hall–Kier alpha value is -2.65. The summed E-state index contributed by atoms with van der Waals surface area (Å²) in [7, 11) is 1.68. The number of ether oxygens (including phenoxy) is 1. The SMILES string of the molecule is COCCNC(=S)Nc1nc(N2CCN(c3ccccc3)CC2)cc(N2CC(C)CC(C)C2)n1. The van der Waals surface area contributed by atoms with Crippen LogP contribution in [0.1, 0.15) is 20.3 Å². The van der Waals surface area contributed by atoms with E-state index in [1.807, 2.05) is 0 Å². The Balaban J connectivity index is 1.51. The number of rotatable bonds is 7. The smallest absolute Gasteiger partial charge is 0.232 e. The number of methoxy groups -OCH3 is 1. The van der Waals surface area contributed by atoms with Gasteiger partial charge in [-0.25, -0.2) is 0 Å². The number of nitrogens with one attached hydrogen (secondary N) is 2. The van der Waals surface area contributed by atoms with Gasteiger partial charge in [-0.05, 0) is 42.6 Å². The number of piperazine rings is 1. The molecule has 2 fully saturated rings. The van der Waals surface area contributed by atoms with Crippen LogP contribution in [0.15, 0.2) is 36.4 Å². The van der Waals surface area contributed by atoms with Crippen LogP contribution in [-0.4, -0.2) is 74.6 Å². The van der Waals surface area contributed by atoms with E-state index >= 15 is 0 Å². The van der Waals surface area contributed by atoms with Gasteiger partial charge in [0.05, 0.1) is 6.61 Å². The first-order valence-corrected chi connectivity index (χ1v) is 12.7. The second kappa shape index (κ2) is 11.7. The zero-order valence-electron chi connectivity index (χ0n) is 20.5. The van der Waals surface area contributed by atoms with Crippen LogP contribution in [0.3, 0.4) is 0 Å². The van der Waals surface area contributed by atoms with Crippen LogP contribution in [0.2, 0.25) is 0 Å². The molecule has 1 aromatic carbocycles. The van der Waals surface area contributed by atoms with Gasteiger partial charge < -0.3 is 30.1 Å². The molecule has 1 aromatic heterocycles. The van der Waals surface area contributed by atoms with Crippen LogP contribution in [0.4, 0.5) is 23.3 Å². The van der Waals surface area contributed by atoms with E-state index in [9.17, 15) is 0 Å². The van der Waals surface area contributed by atoms with Gasteiger partial charge >= 0.3 is 0 Å². The lowest BCUT2D eigenvalue weighted by Crippen LogP contribution is -2.47. The Bertz CT molecular complexity index is 926. The molecule has 0 radical (unpaired) electrons. The number of benzene rings is 1. The van der Waals surface area contributed by atoms with Crippen molar-refractivity contribution < 1.29 is 4.74 Å². The quantitative estimate of drug-likeness (QED) is 0.456. The van der Waals surface area contributed by atoms with Crippen LogP contribution < -0.4 is 25.3 Å². The van der Waals surface area contributed by atoms with Gasteiger partial charge in [0, 0.05) is 64.7 Å². The average molecular weight is 484 g/mol. The monoisotopic (exact) mass is 483 g/mol. The number of para-hydroxylation sites is 1. The summed E-state index contributed by atoms with van der Waals surface area (Å²) in [6, 6.07) is 12.8. The highest BCUT2D eigenvalue weighted by atomic mass is 32.1. The van der Waals surface area contributed by atoms with Crippen LogP contribution >= 0.6 is 12.2 Å². The van der Waals surface area contributed by atoms with Gasteiger partial charge in [-0.15, -0.1) is 0 Å². The van der Waals surface area contributed by atoms with Gasteiger partial charge in [-0.3, -0.25) is 0 Å². The molecule has 2 aliphatic rings. The van der Waals surface area contributed by atoms with Gasteiger partial charge in [0.25, 0.3) is 0 Å². The Morgan fingerprint density at radius 2 is 1.59 bits per heavy atom. The Labute approximate surface area is 208 Å². The first-order chi connectivity index (χ1) is 16.5. The molecule has 4 rings (SSSR count). The molecule has 0 aliphatic carbocycles. The van der Waals surface area contributed by atoms with Gasteiger partial charge in [-0.1, -0.05) is 32.0 Å². The molecule has 2 unspecified atom stereocenters. The molecule has 0 amide bonds. The number of piperidine rings is 1. The molecule has 2 saturated heterocycles. The molecule has 2 N–H and O–H groups in total. The molecule has 8 nitrogen and oxygen atoms in total. The molecule has 2 aromatic rings. The fourth-order valence-electron chi connectivity index (χ4n) is 4.90. The summed E-state index contributed by atoms with van der Waals surface area (Å²) in [5.74, 6) is 3.75. The van der Waals surface area contributed by atoms with Crippen molar-refractivity contribution in [3.8, 4) is 0 Å². The van der Waals surface area contributed by atoms with Gasteiger partial charge in [-0.2, -0.15) is 9.97 Å². The summed E-state index contributed by atoms with van der Waals surface area (Å²) in [6.07, 6.45) is 1.26. The summed E-state index contributed by atoms with van der Waals surface area (Å²) < 4.78 is 5.10. The summed E-state index contributed by atoms with van der Waals surface area (Å²) in [5, 5.41) is 6.85. The maximum absolute atomic E-state index is 5.46. The molecule has 34 heavy (non-hydrogen) atoms. The van der Waals surface area contributed by atoms with Crippen LogP contribution in [-0.2, 0) is 4.74 Å². The molecular weight excluding hydrogens is 446 g/mol. The third kappa shape index (κ3) is 6.48. The molecule has 9 heteroatoms. The number of thiocarbonyl (C=S) groups is 1. The molecule has 0 saturated carbocycles. The summed E-state index contributed by atoms with van der Waals surface area (Å²) in [6.45, 7) is 11.6. The topological polar surface area (TPSA) is 68.8 Å². The minimum absolute atomic E-state index is 0.509. The number of hydrogen-bond donors (Lipinski definition) is 2. The molecule has 184 valence electrons. The van der Waals surface area contributed by atoms with Crippen molar-refractivity contribution >= 4 is 40.6 Å². The minimum Gasteiger partial charge on any atom is -0.383 e. The van der Waals surface area contributed by atoms with E-state index < -0.39 is 0 Å². The molecular formula is C25H37N7OS. The highest BCUT2D eigenvalue weighted by Crippen LogP contribution is 2.29. The number of hydrogen-bond acceptors (Lipinski definition) is 7. The van der Waals surface area contributed by atoms with E-state index in [0.29, 0.717) is 36.0 Å². The Morgan fingerprint density at radius 1 is 0.971 bits per heavy atom. The van der Waals surface area contributed by atoms with Gasteiger partial charge in [0.15, 0.2) is 5.11 Å². The summed E-state index contributed by atoms with van der Waals surface area (Å²) in [5.41, 5.74) is 1.27. The van der Waals surface area contributed by atoms with Gasteiger partial charge in [0.2, 0.25) is 5.95 Å². The lowest BCUT2D eigenvalue weighted by Gasteiger charge is -2.38. The van der Waals surface area contributed by atoms with Crippen LogP contribution in [0.5, 0.6) is 0 Å². The zero-order valence-corrected chi connectivity index (χ0v) is 21.4. The largest absolute Gasteiger partial charge is 0.383 e. The first-order valence-electron chi connectivity index (χ1n) is 12.2. The molecule has 3 heterocycles. The maximum Gasteiger partial charge on any atom is 0.232 e. The predicted molar refractivity (Wildman–Crippen MR) is 144 cm³/mol. The van der Waals surface area contributed by atoms with E-state index in [4.69, 9.17) is 26.9 Å². The second-order valence-corrected chi connectivity index (χ2v) is 9.85. The predicted octanol–water partition coefficient (Wildman–Crippen LogP) is 3.22. The zero-order chi connectivity index (χ0) is 23.9. The third-order valence-electron chi connectivity index (χ3n) is 6.43. The summed E-state index contributed by atoms with van der Waals surface area (Å²) >= 11 is 5.46. The Morgan fingerprint density at radius 3 is 2.24 bits per heavy atom. The molecule has 0 bridgehead atoms. The molecule has 2 atom stereocenters. The average Bonchev–Trinajstić information content (AvgIpc) is 2.84. The van der Waals surface area contributed by atoms with E-state index in [-0.39, 0.29) is 0 Å². The number of nitrogens with zero attached hydrogens (tertiary/aromatic N) is 5. The standard InChI is InChI=1S/C25H37N7OS/c1-19-15-20(2)18-32(17-19)23-16-22(27-24(28-23)29-25(34)26-9-14-33-3)31-12-10-30(11-13-31)21-7-5-4-6-8-21/h4-8,16,19-20H,9-15,17-18H2,1-3H3,(H2,26,27,28,29,34). The highest BCUT2D eigenvalue weighted by Gasteiger charge is 2.25. The lowest BCUT2D eigenvalue weighted by atomic mass is 9.92. The minimum atomic E-state index is 0.509. The van der Waals surface area contributed by atoms with Crippen molar-refractivity contribution in [3.63, 3.8) is 0 Å². The van der Waals surface area contributed by atoms with E-state index in [1.165, 1.54) is 12.1 Å². The molecule has 0 spiro atoms. The lowest BCUT2D eigenvalue weighted by molar-refractivity contribution is 0.204. The van der Waals surface area contributed by atoms with Crippen molar-refractivity contribution in [2.24, 2.45) is 11.8 Å². The van der Waals surface area contributed by atoms with E-state index in [0.717, 1.165) is 50.9 Å². The van der Waals surface area contributed by atoms with Crippen molar-refractivity contribution in [3.05, 3.63) is 36.4 Å². The van der Waals surface area contributed by atoms with E-state index in [1.54, 1.807) is 7.11 Å². The van der Waals surface area contributed by atoms with Crippen molar-refractivity contribution in [1.82, 2.24) is 15.3 Å². The molecule has 2 aliphatic heterocycles. The summed E-state index contributed by atoms with van der Waals surface area (Å²) in [4.78, 5) is 16.9. The third-order valence-corrected chi connectivity index (χ3v) is 6.68. The number of aromatic nitrogens is 2. The Kier molecular flexibility index (Phi) is 8.39. The van der Waals surface area contributed by atoms with Crippen molar-refractivity contribution in [1.29, 1.82) is 0 Å². The fourth-order valence-corrected chi connectivity index (χ4v) is 5.09. The van der Waals surface area contributed by atoms with Crippen LogP contribution in [0, 0.1) is 11.8 Å². The first kappa shape index (κ1) is 24.5.